The van der Waals surface area contributed by atoms with Crippen LogP contribution in [0.15, 0.2) is 24.3 Å². The molecule has 4 nitrogen and oxygen atoms in total. The maximum atomic E-state index is 8.78. The highest BCUT2D eigenvalue weighted by molar-refractivity contribution is 5.84. The lowest BCUT2D eigenvalue weighted by atomic mass is 10.1. The van der Waals surface area contributed by atoms with Gasteiger partial charge in [0, 0.05) is 5.39 Å². The van der Waals surface area contributed by atoms with Gasteiger partial charge in [0.2, 0.25) is 0 Å². The molecule has 0 radical (unpaired) electrons. The molecule has 0 aliphatic heterocycles. The summed E-state index contributed by atoms with van der Waals surface area (Å²) >= 11 is 0. The monoisotopic (exact) mass is 180 g/mol. The largest absolute Gasteiger partial charge is 0.192 e. The molecule has 0 aliphatic carbocycles. The molecule has 0 fully saturated rings. The summed E-state index contributed by atoms with van der Waals surface area (Å²) in [6, 6.07) is 10.8. The minimum atomic E-state index is 0.257. The Morgan fingerprint density at radius 2 is 1.93 bits per heavy atom. The number of hydrogen-bond acceptors (Lipinski definition) is 4. The Labute approximate surface area is 80.0 Å². The summed E-state index contributed by atoms with van der Waals surface area (Å²) in [6.45, 7) is 0. The highest BCUT2D eigenvalue weighted by Gasteiger charge is 2.02. The quantitative estimate of drug-likeness (QED) is 0.613. The molecule has 14 heavy (non-hydrogen) atoms. The van der Waals surface area contributed by atoms with Crippen LogP contribution in [0.25, 0.3) is 10.9 Å². The third-order valence-electron chi connectivity index (χ3n) is 1.85. The maximum absolute atomic E-state index is 8.78. The van der Waals surface area contributed by atoms with Crippen molar-refractivity contribution in [2.24, 2.45) is 0 Å². The molecule has 1 aromatic carbocycles. The third-order valence-corrected chi connectivity index (χ3v) is 1.85. The van der Waals surface area contributed by atoms with Gasteiger partial charge in [0.05, 0.1) is 5.56 Å². The van der Waals surface area contributed by atoms with E-state index >= 15 is 0 Å². The number of aromatic nitrogens is 2. The molecule has 1 heterocycles. The number of nitrogens with zero attached hydrogens (tertiary/aromatic N) is 4. The van der Waals surface area contributed by atoms with Crippen molar-refractivity contribution in [2.75, 3.05) is 0 Å². The number of nitriles is 2. The van der Waals surface area contributed by atoms with E-state index in [2.05, 4.69) is 10.2 Å². The lowest BCUT2D eigenvalue weighted by Crippen LogP contribution is -1.90. The van der Waals surface area contributed by atoms with Crippen LogP contribution in [0.3, 0.4) is 0 Å². The molecule has 4 heteroatoms. The fourth-order valence-corrected chi connectivity index (χ4v) is 1.21. The van der Waals surface area contributed by atoms with Crippen LogP contribution in [0.1, 0.15) is 11.3 Å². The number of benzene rings is 1. The Hall–Kier alpha value is -2.46. The molecular weight excluding hydrogens is 176 g/mol. The SMILES string of the molecule is N#Cc1cc2cccc(C#N)c2nn1. The Kier molecular flexibility index (Phi) is 1.82. The molecule has 0 saturated carbocycles. The maximum Gasteiger partial charge on any atom is 0.163 e. The minimum Gasteiger partial charge on any atom is -0.192 e. The van der Waals surface area contributed by atoms with Gasteiger partial charge in [-0.15, -0.1) is 10.2 Å². The first-order valence-electron chi connectivity index (χ1n) is 3.92. The van der Waals surface area contributed by atoms with E-state index in [0.29, 0.717) is 11.1 Å². The summed E-state index contributed by atoms with van der Waals surface area (Å²) < 4.78 is 0. The van der Waals surface area contributed by atoms with Crippen molar-refractivity contribution in [1.29, 1.82) is 10.5 Å². The van der Waals surface area contributed by atoms with Crippen LogP contribution >= 0.6 is 0 Å². The molecule has 0 bridgehead atoms. The zero-order chi connectivity index (χ0) is 9.97. The second-order valence-electron chi connectivity index (χ2n) is 2.70. The summed E-state index contributed by atoms with van der Waals surface area (Å²) in [5.41, 5.74) is 1.26. The molecule has 2 rings (SSSR count). The molecule has 0 amide bonds. The predicted molar refractivity (Wildman–Crippen MR) is 49.0 cm³/mol. The van der Waals surface area contributed by atoms with Crippen LogP contribution in [0.2, 0.25) is 0 Å². The zero-order valence-electron chi connectivity index (χ0n) is 7.10. The van der Waals surface area contributed by atoms with Crippen LogP contribution in [0.4, 0.5) is 0 Å². The first-order valence-corrected chi connectivity index (χ1v) is 3.92. The lowest BCUT2D eigenvalue weighted by molar-refractivity contribution is 1.05. The number of rotatable bonds is 0. The lowest BCUT2D eigenvalue weighted by Gasteiger charge is -1.96. The fourth-order valence-electron chi connectivity index (χ4n) is 1.21. The normalized spacial score (nSPS) is 9.29. The van der Waals surface area contributed by atoms with Crippen LogP contribution in [-0.4, -0.2) is 10.2 Å². The third kappa shape index (κ3) is 1.16. The first-order chi connectivity index (χ1) is 6.85. The summed E-state index contributed by atoms with van der Waals surface area (Å²) in [7, 11) is 0. The van der Waals surface area contributed by atoms with Gasteiger partial charge in [0.15, 0.2) is 5.69 Å². The van der Waals surface area contributed by atoms with Crippen molar-refractivity contribution in [3.8, 4) is 12.1 Å². The molecule has 2 aromatic rings. The number of fused-ring (bicyclic) bond motifs is 1. The van der Waals surface area contributed by atoms with Crippen molar-refractivity contribution in [1.82, 2.24) is 10.2 Å². The summed E-state index contributed by atoms with van der Waals surface area (Å²) in [4.78, 5) is 0. The molecule has 64 valence electrons. The van der Waals surface area contributed by atoms with Crippen LogP contribution in [0, 0.1) is 22.7 Å². The van der Waals surface area contributed by atoms with Crippen molar-refractivity contribution < 1.29 is 0 Å². The Morgan fingerprint density at radius 1 is 1.07 bits per heavy atom. The Balaban J connectivity index is 2.83. The molecule has 0 atom stereocenters. The van der Waals surface area contributed by atoms with E-state index in [1.54, 1.807) is 24.3 Å². The molecule has 0 saturated heterocycles. The average molecular weight is 180 g/mol. The van der Waals surface area contributed by atoms with Gasteiger partial charge in [-0.25, -0.2) is 0 Å². The van der Waals surface area contributed by atoms with Gasteiger partial charge in [-0.3, -0.25) is 0 Å². The average Bonchev–Trinajstić information content (AvgIpc) is 2.27. The molecule has 0 aliphatic rings. The second-order valence-corrected chi connectivity index (χ2v) is 2.70. The predicted octanol–water partition coefficient (Wildman–Crippen LogP) is 1.37. The summed E-state index contributed by atoms with van der Waals surface area (Å²) in [5.74, 6) is 0. The molecule has 0 N–H and O–H groups in total. The van der Waals surface area contributed by atoms with E-state index in [1.807, 2.05) is 12.1 Å². The standard InChI is InChI=1S/C10H4N4/c11-5-8-3-1-2-7-4-9(6-12)13-14-10(7)8/h1-4H. The van der Waals surface area contributed by atoms with Gasteiger partial charge in [-0.05, 0) is 12.1 Å². The van der Waals surface area contributed by atoms with E-state index in [0.717, 1.165) is 5.39 Å². The number of hydrogen-bond donors (Lipinski definition) is 0. The van der Waals surface area contributed by atoms with E-state index in [4.69, 9.17) is 10.5 Å². The van der Waals surface area contributed by atoms with Crippen molar-refractivity contribution in [3.63, 3.8) is 0 Å². The molecular formula is C10H4N4. The van der Waals surface area contributed by atoms with E-state index < -0.39 is 0 Å². The van der Waals surface area contributed by atoms with Gasteiger partial charge in [0.25, 0.3) is 0 Å². The second kappa shape index (κ2) is 3.12. The van der Waals surface area contributed by atoms with Crippen LogP contribution in [-0.2, 0) is 0 Å². The van der Waals surface area contributed by atoms with Gasteiger partial charge >= 0.3 is 0 Å². The van der Waals surface area contributed by atoms with Crippen molar-refractivity contribution in [3.05, 3.63) is 35.5 Å². The van der Waals surface area contributed by atoms with Gasteiger partial charge in [-0.2, -0.15) is 10.5 Å². The summed E-state index contributed by atoms with van der Waals surface area (Å²) in [6.07, 6.45) is 0. The Bertz CT molecular complexity index is 575. The highest BCUT2D eigenvalue weighted by Crippen LogP contribution is 2.14. The van der Waals surface area contributed by atoms with E-state index in [9.17, 15) is 0 Å². The highest BCUT2D eigenvalue weighted by atomic mass is 15.1. The molecule has 0 spiro atoms. The van der Waals surface area contributed by atoms with Crippen molar-refractivity contribution in [2.45, 2.75) is 0 Å². The molecule has 1 aromatic heterocycles. The van der Waals surface area contributed by atoms with Gasteiger partial charge in [-0.1, -0.05) is 12.1 Å². The fraction of sp³-hybridized carbons (Fsp3) is 0. The Morgan fingerprint density at radius 3 is 2.64 bits per heavy atom. The van der Waals surface area contributed by atoms with Gasteiger partial charge in [0.1, 0.15) is 17.7 Å². The van der Waals surface area contributed by atoms with Crippen molar-refractivity contribution >= 4 is 10.9 Å². The van der Waals surface area contributed by atoms with Gasteiger partial charge < -0.3 is 0 Å². The summed E-state index contributed by atoms with van der Waals surface area (Å²) in [5, 5.41) is 25.6. The van der Waals surface area contributed by atoms with Crippen LogP contribution in [0.5, 0.6) is 0 Å². The molecule has 0 unspecified atom stereocenters. The van der Waals surface area contributed by atoms with E-state index in [-0.39, 0.29) is 5.69 Å². The topological polar surface area (TPSA) is 73.4 Å². The van der Waals surface area contributed by atoms with Crippen LogP contribution < -0.4 is 0 Å². The smallest absolute Gasteiger partial charge is 0.163 e. The van der Waals surface area contributed by atoms with E-state index in [1.165, 1.54) is 0 Å². The minimum absolute atomic E-state index is 0.257. The first kappa shape index (κ1) is 8.15. The zero-order valence-corrected chi connectivity index (χ0v) is 7.10.